The first kappa shape index (κ1) is 13.0. The third-order valence-electron chi connectivity index (χ3n) is 4.59. The van der Waals surface area contributed by atoms with Gasteiger partial charge in [0.25, 0.3) is 0 Å². The van der Waals surface area contributed by atoms with E-state index < -0.39 is 11.6 Å². The van der Waals surface area contributed by atoms with Crippen molar-refractivity contribution in [3.05, 3.63) is 35.4 Å². The summed E-state index contributed by atoms with van der Waals surface area (Å²) >= 11 is 0. The molecule has 1 aromatic rings. The molecule has 4 heteroatoms. The van der Waals surface area contributed by atoms with E-state index in [4.69, 9.17) is 0 Å². The molecular weight excluding hydrogens is 246 g/mol. The molecule has 0 amide bonds. The lowest BCUT2D eigenvalue weighted by atomic mass is 9.94. The van der Waals surface area contributed by atoms with Crippen LogP contribution in [0.25, 0.3) is 0 Å². The van der Waals surface area contributed by atoms with E-state index in [1.54, 1.807) is 6.07 Å². The third kappa shape index (κ3) is 2.51. The van der Waals surface area contributed by atoms with Crippen molar-refractivity contribution >= 4 is 0 Å². The second-order valence-electron chi connectivity index (χ2n) is 5.76. The molecule has 3 atom stereocenters. The number of hydrogen-bond acceptors (Lipinski definition) is 2. The lowest BCUT2D eigenvalue weighted by Crippen LogP contribution is -2.40. The molecular formula is C15H20F2N2. The van der Waals surface area contributed by atoms with Crippen LogP contribution in [0, 0.1) is 17.6 Å². The second-order valence-corrected chi connectivity index (χ2v) is 5.76. The molecule has 3 rings (SSSR count). The molecule has 2 heterocycles. The summed E-state index contributed by atoms with van der Waals surface area (Å²) in [7, 11) is 0. The number of hydrogen-bond donors (Lipinski definition) is 1. The van der Waals surface area contributed by atoms with Crippen molar-refractivity contribution < 1.29 is 8.78 Å². The monoisotopic (exact) mass is 266 g/mol. The summed E-state index contributed by atoms with van der Waals surface area (Å²) in [5.41, 5.74) is 0.597. The minimum atomic E-state index is -0.509. The van der Waals surface area contributed by atoms with E-state index in [2.05, 4.69) is 10.2 Å². The highest BCUT2D eigenvalue weighted by atomic mass is 19.1. The van der Waals surface area contributed by atoms with Gasteiger partial charge in [-0.3, -0.25) is 4.90 Å². The maximum absolute atomic E-state index is 13.8. The van der Waals surface area contributed by atoms with Crippen molar-refractivity contribution in [2.24, 2.45) is 5.92 Å². The molecule has 0 aliphatic carbocycles. The SMILES string of the molecule is CC(c1ccc(F)cc1F)N1CC2CCCNC2C1. The van der Waals surface area contributed by atoms with Crippen molar-refractivity contribution in [2.75, 3.05) is 19.6 Å². The summed E-state index contributed by atoms with van der Waals surface area (Å²) in [6.07, 6.45) is 2.49. The number of likely N-dealkylation sites (tertiary alicyclic amines) is 1. The molecule has 0 bridgehead atoms. The molecule has 1 aromatic carbocycles. The van der Waals surface area contributed by atoms with Gasteiger partial charge in [-0.05, 0) is 38.3 Å². The lowest BCUT2D eigenvalue weighted by molar-refractivity contribution is 0.245. The zero-order valence-electron chi connectivity index (χ0n) is 11.2. The molecule has 1 N–H and O–H groups in total. The first-order chi connectivity index (χ1) is 9.15. The predicted molar refractivity (Wildman–Crippen MR) is 70.9 cm³/mol. The molecule has 0 aromatic heterocycles. The van der Waals surface area contributed by atoms with Gasteiger partial charge in [0.2, 0.25) is 0 Å². The predicted octanol–water partition coefficient (Wildman–Crippen LogP) is 2.71. The molecule has 0 saturated carbocycles. The fourth-order valence-electron chi connectivity index (χ4n) is 3.43. The normalized spacial score (nSPS) is 29.2. The van der Waals surface area contributed by atoms with Crippen molar-refractivity contribution in [3.8, 4) is 0 Å². The maximum atomic E-state index is 13.8. The topological polar surface area (TPSA) is 15.3 Å². The van der Waals surface area contributed by atoms with Crippen LogP contribution in [-0.2, 0) is 0 Å². The van der Waals surface area contributed by atoms with Gasteiger partial charge in [0, 0.05) is 36.8 Å². The van der Waals surface area contributed by atoms with Crippen molar-refractivity contribution in [3.63, 3.8) is 0 Å². The Morgan fingerprint density at radius 1 is 1.32 bits per heavy atom. The van der Waals surface area contributed by atoms with Gasteiger partial charge in [-0.1, -0.05) is 6.07 Å². The van der Waals surface area contributed by atoms with E-state index in [0.717, 1.165) is 25.7 Å². The van der Waals surface area contributed by atoms with Crippen LogP contribution in [0.1, 0.15) is 31.4 Å². The van der Waals surface area contributed by atoms with E-state index in [0.29, 0.717) is 17.5 Å². The number of rotatable bonds is 2. The zero-order chi connectivity index (χ0) is 13.4. The Bertz CT molecular complexity index is 449. The molecule has 3 unspecified atom stereocenters. The minimum Gasteiger partial charge on any atom is -0.312 e. The summed E-state index contributed by atoms with van der Waals surface area (Å²) in [4.78, 5) is 2.31. The molecule has 2 aliphatic heterocycles. The average Bonchev–Trinajstić information content (AvgIpc) is 2.81. The van der Waals surface area contributed by atoms with Crippen molar-refractivity contribution in [1.29, 1.82) is 0 Å². The Balaban J connectivity index is 1.75. The summed E-state index contributed by atoms with van der Waals surface area (Å²) in [5, 5.41) is 3.55. The molecule has 2 saturated heterocycles. The fraction of sp³-hybridized carbons (Fsp3) is 0.600. The fourth-order valence-corrected chi connectivity index (χ4v) is 3.43. The van der Waals surface area contributed by atoms with Crippen LogP contribution in [0.4, 0.5) is 8.78 Å². The van der Waals surface area contributed by atoms with Gasteiger partial charge in [0.05, 0.1) is 0 Å². The summed E-state index contributed by atoms with van der Waals surface area (Å²) in [6, 6.07) is 4.45. The number of nitrogens with zero attached hydrogens (tertiary/aromatic N) is 1. The number of benzene rings is 1. The molecule has 0 radical (unpaired) electrons. The molecule has 104 valence electrons. The van der Waals surface area contributed by atoms with E-state index in [1.807, 2.05) is 6.92 Å². The number of piperidine rings is 1. The van der Waals surface area contributed by atoms with Crippen LogP contribution in [0.15, 0.2) is 18.2 Å². The smallest absolute Gasteiger partial charge is 0.130 e. The highest BCUT2D eigenvalue weighted by Gasteiger charge is 2.36. The van der Waals surface area contributed by atoms with Gasteiger partial charge in [-0.25, -0.2) is 8.78 Å². The number of fused-ring (bicyclic) bond motifs is 1. The molecule has 2 aliphatic rings. The number of halogens is 2. The van der Waals surface area contributed by atoms with E-state index in [9.17, 15) is 8.78 Å². The van der Waals surface area contributed by atoms with Crippen molar-refractivity contribution in [1.82, 2.24) is 10.2 Å². The minimum absolute atomic E-state index is 0.00741. The Hall–Kier alpha value is -1.00. The largest absolute Gasteiger partial charge is 0.312 e. The van der Waals surface area contributed by atoms with E-state index >= 15 is 0 Å². The van der Waals surface area contributed by atoms with Gasteiger partial charge < -0.3 is 5.32 Å². The quantitative estimate of drug-likeness (QED) is 0.885. The van der Waals surface area contributed by atoms with Crippen molar-refractivity contribution in [2.45, 2.75) is 31.8 Å². The molecule has 2 fully saturated rings. The standard InChI is InChI=1S/C15H20F2N2/c1-10(13-5-4-12(16)7-14(13)17)19-8-11-3-2-6-18-15(11)9-19/h4-5,7,10-11,15,18H,2-3,6,8-9H2,1H3. The van der Waals surface area contributed by atoms with E-state index in [1.165, 1.54) is 18.9 Å². The van der Waals surface area contributed by atoms with Crippen LogP contribution in [0.3, 0.4) is 0 Å². The number of nitrogens with one attached hydrogen (secondary N) is 1. The van der Waals surface area contributed by atoms with Gasteiger partial charge in [0.1, 0.15) is 11.6 Å². The molecule has 2 nitrogen and oxygen atoms in total. The van der Waals surface area contributed by atoms with Gasteiger partial charge in [-0.2, -0.15) is 0 Å². The molecule has 0 spiro atoms. The van der Waals surface area contributed by atoms with Crippen LogP contribution in [0.2, 0.25) is 0 Å². The average molecular weight is 266 g/mol. The highest BCUT2D eigenvalue weighted by molar-refractivity contribution is 5.22. The summed E-state index contributed by atoms with van der Waals surface area (Å²) in [5.74, 6) is -0.264. The van der Waals surface area contributed by atoms with E-state index in [-0.39, 0.29) is 6.04 Å². The van der Waals surface area contributed by atoms with Crippen LogP contribution >= 0.6 is 0 Å². The Labute approximate surface area is 112 Å². The van der Waals surface area contributed by atoms with Crippen LogP contribution in [0.5, 0.6) is 0 Å². The van der Waals surface area contributed by atoms with Gasteiger partial charge in [-0.15, -0.1) is 0 Å². The van der Waals surface area contributed by atoms with Crippen LogP contribution < -0.4 is 5.32 Å². The Morgan fingerprint density at radius 3 is 2.89 bits per heavy atom. The first-order valence-corrected chi connectivity index (χ1v) is 7.07. The van der Waals surface area contributed by atoms with Gasteiger partial charge in [0.15, 0.2) is 0 Å². The van der Waals surface area contributed by atoms with Gasteiger partial charge >= 0.3 is 0 Å². The maximum Gasteiger partial charge on any atom is 0.130 e. The second kappa shape index (κ2) is 5.17. The third-order valence-corrected chi connectivity index (χ3v) is 4.59. The summed E-state index contributed by atoms with van der Waals surface area (Å²) in [6.45, 7) is 5.07. The first-order valence-electron chi connectivity index (χ1n) is 7.07. The Morgan fingerprint density at radius 2 is 2.16 bits per heavy atom. The molecule has 19 heavy (non-hydrogen) atoms. The zero-order valence-corrected chi connectivity index (χ0v) is 11.2. The Kier molecular flexibility index (Phi) is 3.54. The highest BCUT2D eigenvalue weighted by Crippen LogP contribution is 2.32. The summed E-state index contributed by atoms with van der Waals surface area (Å²) < 4.78 is 26.8. The van der Waals surface area contributed by atoms with Crippen LogP contribution in [-0.4, -0.2) is 30.6 Å². The lowest BCUT2D eigenvalue weighted by Gasteiger charge is -2.25.